The third kappa shape index (κ3) is 2.83. The normalized spacial score (nSPS) is 28.1. The lowest BCUT2D eigenvalue weighted by Crippen LogP contribution is -2.22. The molecule has 1 fully saturated rings. The van der Waals surface area contributed by atoms with Gasteiger partial charge in [-0.2, -0.15) is 0 Å². The van der Waals surface area contributed by atoms with Crippen LogP contribution in [0.5, 0.6) is 0 Å². The highest BCUT2D eigenvalue weighted by Gasteiger charge is 2.26. The highest BCUT2D eigenvalue weighted by atomic mass is 16.5. The van der Waals surface area contributed by atoms with Crippen molar-refractivity contribution >= 4 is 12.3 Å². The molecule has 0 radical (unpaired) electrons. The SMILES string of the molecule is COC(=O)[C@H]1CC[C@H](CC=O)CC1. The highest BCUT2D eigenvalue weighted by molar-refractivity contribution is 5.72. The van der Waals surface area contributed by atoms with Crippen LogP contribution in [-0.2, 0) is 14.3 Å². The molecule has 3 nitrogen and oxygen atoms in total. The van der Waals surface area contributed by atoms with E-state index in [-0.39, 0.29) is 11.9 Å². The summed E-state index contributed by atoms with van der Waals surface area (Å²) in [4.78, 5) is 21.4. The summed E-state index contributed by atoms with van der Waals surface area (Å²) >= 11 is 0. The Labute approximate surface area is 78.5 Å². The molecule has 0 aromatic carbocycles. The maximum atomic E-state index is 11.1. The molecule has 0 bridgehead atoms. The largest absolute Gasteiger partial charge is 0.469 e. The molecule has 1 aliphatic carbocycles. The number of hydrogen-bond acceptors (Lipinski definition) is 3. The topological polar surface area (TPSA) is 43.4 Å². The van der Waals surface area contributed by atoms with E-state index in [2.05, 4.69) is 4.74 Å². The smallest absolute Gasteiger partial charge is 0.308 e. The number of rotatable bonds is 3. The van der Waals surface area contributed by atoms with Gasteiger partial charge in [-0.15, -0.1) is 0 Å². The molecule has 0 heterocycles. The summed E-state index contributed by atoms with van der Waals surface area (Å²) in [6, 6.07) is 0. The summed E-state index contributed by atoms with van der Waals surface area (Å²) < 4.78 is 4.68. The van der Waals surface area contributed by atoms with Crippen molar-refractivity contribution in [2.45, 2.75) is 32.1 Å². The van der Waals surface area contributed by atoms with Gasteiger partial charge in [0.25, 0.3) is 0 Å². The molecule has 0 aromatic heterocycles. The molecule has 1 aliphatic rings. The van der Waals surface area contributed by atoms with Crippen LogP contribution in [0.25, 0.3) is 0 Å². The second-order valence-electron chi connectivity index (χ2n) is 3.64. The number of esters is 1. The molecule has 0 spiro atoms. The minimum absolute atomic E-state index is 0.0768. The average Bonchev–Trinajstić information content (AvgIpc) is 2.18. The van der Waals surface area contributed by atoms with E-state index < -0.39 is 0 Å². The third-order valence-corrected chi connectivity index (χ3v) is 2.81. The first kappa shape index (κ1) is 10.2. The van der Waals surface area contributed by atoms with Crippen LogP contribution in [0, 0.1) is 11.8 Å². The Bertz CT molecular complexity index is 181. The van der Waals surface area contributed by atoms with Gasteiger partial charge in [-0.05, 0) is 31.6 Å². The number of methoxy groups -OCH3 is 1. The first-order chi connectivity index (χ1) is 6.27. The summed E-state index contributed by atoms with van der Waals surface area (Å²) in [5.41, 5.74) is 0. The minimum atomic E-state index is -0.0930. The zero-order valence-electron chi connectivity index (χ0n) is 7.99. The van der Waals surface area contributed by atoms with E-state index in [4.69, 9.17) is 0 Å². The molecule has 1 rings (SSSR count). The van der Waals surface area contributed by atoms with Crippen LogP contribution >= 0.6 is 0 Å². The van der Waals surface area contributed by atoms with Gasteiger partial charge in [0.15, 0.2) is 0 Å². The highest BCUT2D eigenvalue weighted by Crippen LogP contribution is 2.30. The lowest BCUT2D eigenvalue weighted by Gasteiger charge is -2.25. The Morgan fingerprint density at radius 3 is 2.46 bits per heavy atom. The van der Waals surface area contributed by atoms with E-state index in [9.17, 15) is 9.59 Å². The van der Waals surface area contributed by atoms with Gasteiger partial charge < -0.3 is 9.53 Å². The quantitative estimate of drug-likeness (QED) is 0.493. The van der Waals surface area contributed by atoms with Crippen LogP contribution in [0.3, 0.4) is 0 Å². The number of hydrogen-bond donors (Lipinski definition) is 0. The molecule has 0 N–H and O–H groups in total. The van der Waals surface area contributed by atoms with Crippen molar-refractivity contribution in [1.29, 1.82) is 0 Å². The number of carbonyl (C=O) groups excluding carboxylic acids is 2. The molecule has 3 heteroatoms. The second kappa shape index (κ2) is 5.00. The Morgan fingerprint density at radius 1 is 1.38 bits per heavy atom. The van der Waals surface area contributed by atoms with Gasteiger partial charge in [-0.25, -0.2) is 0 Å². The summed E-state index contributed by atoms with van der Waals surface area (Å²) in [6.45, 7) is 0. The third-order valence-electron chi connectivity index (χ3n) is 2.81. The molecule has 1 saturated carbocycles. The van der Waals surface area contributed by atoms with Crippen LogP contribution in [0.15, 0.2) is 0 Å². The fourth-order valence-electron chi connectivity index (χ4n) is 1.94. The van der Waals surface area contributed by atoms with Crippen molar-refractivity contribution < 1.29 is 14.3 Å². The van der Waals surface area contributed by atoms with Crippen molar-refractivity contribution in [2.24, 2.45) is 11.8 Å². The predicted molar refractivity (Wildman–Crippen MR) is 48.1 cm³/mol. The lowest BCUT2D eigenvalue weighted by molar-refractivity contribution is -0.146. The molecule has 0 atom stereocenters. The van der Waals surface area contributed by atoms with Crippen LogP contribution in [0.4, 0.5) is 0 Å². The predicted octanol–water partition coefficient (Wildman–Crippen LogP) is 1.55. The number of carbonyl (C=O) groups is 2. The Balaban J connectivity index is 2.30. The lowest BCUT2D eigenvalue weighted by atomic mass is 9.81. The zero-order valence-corrected chi connectivity index (χ0v) is 7.99. The van der Waals surface area contributed by atoms with E-state index in [1.54, 1.807) is 0 Å². The minimum Gasteiger partial charge on any atom is -0.469 e. The molecular weight excluding hydrogens is 168 g/mol. The fraction of sp³-hybridized carbons (Fsp3) is 0.800. The van der Waals surface area contributed by atoms with E-state index in [1.807, 2.05) is 0 Å². The van der Waals surface area contributed by atoms with Gasteiger partial charge in [-0.3, -0.25) is 4.79 Å². The first-order valence-electron chi connectivity index (χ1n) is 4.79. The van der Waals surface area contributed by atoms with Crippen molar-refractivity contribution in [2.75, 3.05) is 7.11 Å². The Hall–Kier alpha value is -0.860. The summed E-state index contributed by atoms with van der Waals surface area (Å²) in [5.74, 6) is 0.482. The fourth-order valence-corrected chi connectivity index (χ4v) is 1.94. The van der Waals surface area contributed by atoms with Gasteiger partial charge in [-0.1, -0.05) is 0 Å². The molecule has 0 aliphatic heterocycles. The Morgan fingerprint density at radius 2 is 2.00 bits per heavy atom. The van der Waals surface area contributed by atoms with Gasteiger partial charge >= 0.3 is 5.97 Å². The van der Waals surface area contributed by atoms with Crippen molar-refractivity contribution in [3.63, 3.8) is 0 Å². The van der Waals surface area contributed by atoms with Gasteiger partial charge in [0.1, 0.15) is 6.29 Å². The van der Waals surface area contributed by atoms with Crippen LogP contribution in [0.1, 0.15) is 32.1 Å². The van der Waals surface area contributed by atoms with E-state index in [1.165, 1.54) is 7.11 Å². The maximum Gasteiger partial charge on any atom is 0.308 e. The Kier molecular flexibility index (Phi) is 3.93. The van der Waals surface area contributed by atoms with Gasteiger partial charge in [0.2, 0.25) is 0 Å². The average molecular weight is 184 g/mol. The second-order valence-corrected chi connectivity index (χ2v) is 3.64. The summed E-state index contributed by atoms with van der Waals surface area (Å²) in [5, 5.41) is 0. The molecule has 13 heavy (non-hydrogen) atoms. The molecule has 74 valence electrons. The van der Waals surface area contributed by atoms with Crippen molar-refractivity contribution in [3.05, 3.63) is 0 Å². The molecule has 0 unspecified atom stereocenters. The molecule has 0 amide bonds. The van der Waals surface area contributed by atoms with Crippen molar-refractivity contribution in [1.82, 2.24) is 0 Å². The van der Waals surface area contributed by atoms with Crippen LogP contribution in [0.2, 0.25) is 0 Å². The molecule has 0 saturated heterocycles. The maximum absolute atomic E-state index is 11.1. The monoisotopic (exact) mass is 184 g/mol. The zero-order chi connectivity index (χ0) is 9.68. The summed E-state index contributed by atoms with van der Waals surface area (Å²) in [7, 11) is 1.43. The number of aldehydes is 1. The molecule has 0 aromatic rings. The van der Waals surface area contributed by atoms with E-state index in [0.29, 0.717) is 12.3 Å². The van der Waals surface area contributed by atoms with E-state index in [0.717, 1.165) is 32.0 Å². The standard InChI is InChI=1S/C10H16O3/c1-13-10(12)9-4-2-8(3-5-9)6-7-11/h7-9H,2-6H2,1H3/t8-,9-. The van der Waals surface area contributed by atoms with Gasteiger partial charge in [0, 0.05) is 6.42 Å². The van der Waals surface area contributed by atoms with Crippen molar-refractivity contribution in [3.8, 4) is 0 Å². The summed E-state index contributed by atoms with van der Waals surface area (Å²) in [6.07, 6.45) is 5.35. The molecular formula is C10H16O3. The number of ether oxygens (including phenoxy) is 1. The van der Waals surface area contributed by atoms with Gasteiger partial charge in [0.05, 0.1) is 13.0 Å². The van der Waals surface area contributed by atoms with Crippen LogP contribution < -0.4 is 0 Å². The van der Waals surface area contributed by atoms with Crippen LogP contribution in [-0.4, -0.2) is 19.4 Å². The van der Waals surface area contributed by atoms with E-state index >= 15 is 0 Å². The first-order valence-corrected chi connectivity index (χ1v) is 4.79.